The molecule has 1 saturated heterocycles. The topological polar surface area (TPSA) is 93.6 Å². The van der Waals surface area contributed by atoms with Crippen molar-refractivity contribution in [1.29, 1.82) is 0 Å². The number of rotatable bonds is 5. The lowest BCUT2D eigenvalue weighted by atomic mass is 9.62. The van der Waals surface area contributed by atoms with E-state index in [0.29, 0.717) is 44.5 Å². The van der Waals surface area contributed by atoms with E-state index >= 15 is 0 Å². The van der Waals surface area contributed by atoms with Crippen molar-refractivity contribution >= 4 is 23.3 Å². The second-order valence-corrected chi connectivity index (χ2v) is 10.2. The number of likely N-dealkylation sites (tertiary alicyclic amines) is 1. The number of aromatic nitrogens is 1. The molecule has 7 nitrogen and oxygen atoms in total. The van der Waals surface area contributed by atoms with E-state index < -0.39 is 11.3 Å². The van der Waals surface area contributed by atoms with Gasteiger partial charge >= 0.3 is 0 Å². The largest absolute Gasteiger partial charge is 0.495 e. The summed E-state index contributed by atoms with van der Waals surface area (Å²) in [5.41, 5.74) is 3.32. The smallest absolute Gasteiger partial charge is 0.230 e. The lowest BCUT2D eigenvalue weighted by Gasteiger charge is -2.44. The third-order valence-corrected chi connectivity index (χ3v) is 7.64. The number of carbonyl (C=O) groups excluding carboxylic acids is 4. The average Bonchev–Trinajstić information content (AvgIpc) is 2.86. The monoisotopic (exact) mass is 500 g/mol. The van der Waals surface area contributed by atoms with E-state index in [2.05, 4.69) is 16.8 Å². The van der Waals surface area contributed by atoms with Gasteiger partial charge < -0.3 is 9.64 Å². The van der Waals surface area contributed by atoms with E-state index in [4.69, 9.17) is 4.74 Å². The Morgan fingerprint density at radius 1 is 1.08 bits per heavy atom. The summed E-state index contributed by atoms with van der Waals surface area (Å²) in [6, 6.07) is 7.06. The maximum absolute atomic E-state index is 13.4. The number of amides is 1. The van der Waals surface area contributed by atoms with Crippen LogP contribution in [-0.2, 0) is 14.4 Å². The first kappa shape index (κ1) is 26.3. The summed E-state index contributed by atoms with van der Waals surface area (Å²) >= 11 is 0. The highest BCUT2D eigenvalue weighted by atomic mass is 16.5. The number of ether oxygens (including phenoxy) is 1. The van der Waals surface area contributed by atoms with E-state index in [0.717, 1.165) is 22.3 Å². The summed E-state index contributed by atoms with van der Waals surface area (Å²) in [6.07, 6.45) is 2.99. The van der Waals surface area contributed by atoms with Gasteiger partial charge in [0.1, 0.15) is 28.9 Å². The normalized spacial score (nSPS) is 17.4. The van der Waals surface area contributed by atoms with Crippen molar-refractivity contribution in [1.82, 2.24) is 9.88 Å². The molecule has 1 spiro atoms. The molecule has 1 aliphatic heterocycles. The Kier molecular flexibility index (Phi) is 7.58. The molecule has 0 bridgehead atoms. The van der Waals surface area contributed by atoms with E-state index in [9.17, 15) is 19.2 Å². The minimum Gasteiger partial charge on any atom is -0.495 e. The molecule has 2 heterocycles. The lowest BCUT2D eigenvalue weighted by molar-refractivity contribution is -0.140. The van der Waals surface area contributed by atoms with Crippen LogP contribution < -0.4 is 4.74 Å². The molecule has 0 N–H and O–H groups in total. The van der Waals surface area contributed by atoms with Crippen LogP contribution >= 0.6 is 0 Å². The molecule has 1 amide bonds. The number of methoxy groups -OCH3 is 1. The highest BCUT2D eigenvalue weighted by Crippen LogP contribution is 2.46. The van der Waals surface area contributed by atoms with Crippen LogP contribution in [0.25, 0.3) is 0 Å². The number of hydrogen-bond donors (Lipinski definition) is 0. The number of benzene rings is 1. The van der Waals surface area contributed by atoms with Gasteiger partial charge in [-0.3, -0.25) is 19.2 Å². The van der Waals surface area contributed by atoms with Gasteiger partial charge in [0.15, 0.2) is 5.78 Å². The van der Waals surface area contributed by atoms with E-state index in [1.54, 1.807) is 24.0 Å². The van der Waals surface area contributed by atoms with Gasteiger partial charge in [0.25, 0.3) is 0 Å². The summed E-state index contributed by atoms with van der Waals surface area (Å²) < 4.78 is 5.05. The van der Waals surface area contributed by atoms with Gasteiger partial charge in [-0.05, 0) is 80.0 Å². The highest BCUT2D eigenvalue weighted by molar-refractivity contribution is 6.11. The molecule has 0 atom stereocenters. The Bertz CT molecular complexity index is 1260. The van der Waals surface area contributed by atoms with Crippen molar-refractivity contribution in [2.24, 2.45) is 5.41 Å². The molecule has 4 rings (SSSR count). The standard InChI is InChI=1S/C30H32N2O5/c1-5-6-21-13-19(2)28(20(3)14-21)29-25(34)16-30(17-26(29)35)9-11-32(12-10-30)27(36)15-24(33)23-8-7-22(37-4)18-31-23/h7-8,13-14,18,29H,9-12,15-17H2,1-4H3. The number of pyridine rings is 1. The predicted molar refractivity (Wildman–Crippen MR) is 138 cm³/mol. The first-order valence-electron chi connectivity index (χ1n) is 12.6. The van der Waals surface area contributed by atoms with Gasteiger partial charge in [-0.15, -0.1) is 5.92 Å². The third-order valence-electron chi connectivity index (χ3n) is 7.64. The number of ketones is 3. The van der Waals surface area contributed by atoms with E-state index in [-0.39, 0.29) is 35.4 Å². The van der Waals surface area contributed by atoms with Gasteiger partial charge in [-0.2, -0.15) is 0 Å². The van der Waals surface area contributed by atoms with Crippen molar-refractivity contribution < 1.29 is 23.9 Å². The summed E-state index contributed by atoms with van der Waals surface area (Å²) in [7, 11) is 1.52. The van der Waals surface area contributed by atoms with Crippen molar-refractivity contribution in [3.63, 3.8) is 0 Å². The van der Waals surface area contributed by atoms with E-state index in [1.165, 1.54) is 13.3 Å². The Balaban J connectivity index is 1.39. The van der Waals surface area contributed by atoms with Crippen LogP contribution in [0.4, 0.5) is 0 Å². The minimum absolute atomic E-state index is 0.0442. The molecule has 2 aliphatic rings. The zero-order valence-electron chi connectivity index (χ0n) is 21.8. The van der Waals surface area contributed by atoms with Crippen LogP contribution in [0.15, 0.2) is 30.5 Å². The second-order valence-electron chi connectivity index (χ2n) is 10.2. The molecule has 1 aromatic carbocycles. The number of aryl methyl sites for hydroxylation is 2. The number of carbonyl (C=O) groups is 4. The van der Waals surface area contributed by atoms with Crippen LogP contribution in [0.2, 0.25) is 0 Å². The van der Waals surface area contributed by atoms with Crippen LogP contribution in [0.3, 0.4) is 0 Å². The Labute approximate surface area is 217 Å². The summed E-state index contributed by atoms with van der Waals surface area (Å²) in [6.45, 7) is 6.49. The molecule has 2 aromatic rings. The first-order chi connectivity index (χ1) is 17.7. The second kappa shape index (κ2) is 10.7. The van der Waals surface area contributed by atoms with Gasteiger partial charge in [0.2, 0.25) is 5.91 Å². The molecule has 37 heavy (non-hydrogen) atoms. The van der Waals surface area contributed by atoms with Crippen molar-refractivity contribution in [3.05, 3.63) is 58.4 Å². The molecule has 192 valence electrons. The minimum atomic E-state index is -0.733. The molecular formula is C30H32N2O5. The summed E-state index contributed by atoms with van der Waals surface area (Å²) in [4.78, 5) is 57.8. The average molecular weight is 501 g/mol. The van der Waals surface area contributed by atoms with Gasteiger partial charge in [0, 0.05) is 31.5 Å². The fourth-order valence-electron chi connectivity index (χ4n) is 5.74. The van der Waals surface area contributed by atoms with E-state index in [1.807, 2.05) is 26.0 Å². The predicted octanol–water partition coefficient (Wildman–Crippen LogP) is 3.98. The summed E-state index contributed by atoms with van der Waals surface area (Å²) in [5, 5.41) is 0. The number of Topliss-reactive ketones (excluding diaryl/α,β-unsaturated/α-hetero) is 3. The molecule has 0 unspecified atom stereocenters. The molecule has 1 aromatic heterocycles. The lowest BCUT2D eigenvalue weighted by Crippen LogP contribution is -2.48. The maximum Gasteiger partial charge on any atom is 0.230 e. The van der Waals surface area contributed by atoms with Gasteiger partial charge in [-0.25, -0.2) is 4.98 Å². The van der Waals surface area contributed by atoms with Crippen LogP contribution in [0, 0.1) is 31.1 Å². The highest BCUT2D eigenvalue weighted by Gasteiger charge is 2.47. The molecule has 7 heteroatoms. The SMILES string of the molecule is CC#Cc1cc(C)c(C2C(=O)CC3(CCN(C(=O)CC(=O)c4ccc(OC)cn4)CC3)CC2=O)c(C)c1. The fourth-order valence-corrected chi connectivity index (χ4v) is 5.74. The quantitative estimate of drug-likeness (QED) is 0.350. The Morgan fingerprint density at radius 2 is 1.70 bits per heavy atom. The molecule has 0 radical (unpaired) electrons. The van der Waals surface area contributed by atoms with Crippen LogP contribution in [-0.4, -0.2) is 53.3 Å². The molecule has 1 saturated carbocycles. The van der Waals surface area contributed by atoms with Crippen LogP contribution in [0.5, 0.6) is 5.75 Å². The first-order valence-corrected chi connectivity index (χ1v) is 12.6. The fraction of sp³-hybridized carbons (Fsp3) is 0.433. The summed E-state index contributed by atoms with van der Waals surface area (Å²) in [5.74, 6) is 5.05. The Morgan fingerprint density at radius 3 is 2.22 bits per heavy atom. The molecule has 2 fully saturated rings. The number of hydrogen-bond acceptors (Lipinski definition) is 6. The van der Waals surface area contributed by atoms with Crippen LogP contribution in [0.1, 0.15) is 77.7 Å². The maximum atomic E-state index is 13.4. The number of nitrogens with zero attached hydrogens (tertiary/aromatic N) is 2. The zero-order chi connectivity index (χ0) is 26.7. The molecular weight excluding hydrogens is 468 g/mol. The molecule has 1 aliphatic carbocycles. The third kappa shape index (κ3) is 5.48. The van der Waals surface area contributed by atoms with Crippen molar-refractivity contribution in [2.75, 3.05) is 20.2 Å². The van der Waals surface area contributed by atoms with Gasteiger partial charge in [0.05, 0.1) is 19.7 Å². The zero-order valence-corrected chi connectivity index (χ0v) is 21.8. The number of piperidine rings is 1. The van der Waals surface area contributed by atoms with Gasteiger partial charge in [-0.1, -0.05) is 5.92 Å². The van der Waals surface area contributed by atoms with Crippen molar-refractivity contribution in [3.8, 4) is 17.6 Å². The Hall–Kier alpha value is -3.79. The van der Waals surface area contributed by atoms with Crippen molar-refractivity contribution in [2.45, 2.75) is 58.8 Å².